The number of benzene rings is 4. The molecule has 5 nitrogen and oxygen atoms in total. The Labute approximate surface area is 210 Å². The molecule has 0 aromatic heterocycles. The zero-order valence-electron chi connectivity index (χ0n) is 19.5. The fourth-order valence-corrected chi connectivity index (χ4v) is 5.51. The number of rotatable bonds is 8. The van der Waals surface area contributed by atoms with Gasteiger partial charge in [-0.25, -0.2) is 8.42 Å². The molecule has 0 atom stereocenters. The molecule has 4 rings (SSSR count). The van der Waals surface area contributed by atoms with Gasteiger partial charge in [0, 0.05) is 16.1 Å². The number of nitrogens with zero attached hydrogens (tertiary/aromatic N) is 1. The molecule has 0 fully saturated rings. The van der Waals surface area contributed by atoms with Crippen LogP contribution in [0, 0.1) is 6.92 Å². The molecule has 0 aliphatic rings. The second-order valence-electron chi connectivity index (χ2n) is 7.98. The highest BCUT2D eigenvalue weighted by Crippen LogP contribution is 2.29. The number of amides is 1. The fraction of sp³-hybridized carbons (Fsp3) is 0.107. The van der Waals surface area contributed by atoms with Crippen molar-refractivity contribution in [1.82, 2.24) is 0 Å². The summed E-state index contributed by atoms with van der Waals surface area (Å²) in [5.74, 6) is -0.432. The van der Waals surface area contributed by atoms with Crippen molar-refractivity contribution in [2.45, 2.75) is 16.7 Å². The molecule has 0 aliphatic carbocycles. The molecule has 0 spiro atoms. The smallest absolute Gasteiger partial charge is 0.264 e. The Morgan fingerprint density at radius 2 is 1.46 bits per heavy atom. The van der Waals surface area contributed by atoms with Gasteiger partial charge in [0.2, 0.25) is 5.91 Å². The van der Waals surface area contributed by atoms with Crippen molar-refractivity contribution in [2.75, 3.05) is 22.4 Å². The van der Waals surface area contributed by atoms with Gasteiger partial charge in [0.15, 0.2) is 0 Å². The Morgan fingerprint density at radius 3 is 2.11 bits per heavy atom. The monoisotopic (exact) mass is 502 g/mol. The van der Waals surface area contributed by atoms with E-state index in [9.17, 15) is 13.2 Å². The van der Waals surface area contributed by atoms with Crippen molar-refractivity contribution in [1.29, 1.82) is 0 Å². The average molecular weight is 503 g/mol. The SMILES string of the molecule is CSc1ccc(S(=O)(=O)N(CC(=O)Nc2ccccc2-c2ccccc2)c2ccc(C)cc2)cc1. The molecule has 7 heteroatoms. The van der Waals surface area contributed by atoms with E-state index >= 15 is 0 Å². The minimum Gasteiger partial charge on any atom is -0.324 e. The molecule has 4 aromatic carbocycles. The number of anilines is 2. The highest BCUT2D eigenvalue weighted by Gasteiger charge is 2.27. The Hall–Kier alpha value is -3.55. The highest BCUT2D eigenvalue weighted by atomic mass is 32.2. The van der Waals surface area contributed by atoms with Crippen molar-refractivity contribution in [3.63, 3.8) is 0 Å². The summed E-state index contributed by atoms with van der Waals surface area (Å²) in [6.45, 7) is 1.57. The van der Waals surface area contributed by atoms with Crippen molar-refractivity contribution >= 4 is 39.1 Å². The molecular formula is C28H26N2O3S2. The van der Waals surface area contributed by atoms with Crippen LogP contribution in [0.5, 0.6) is 0 Å². The van der Waals surface area contributed by atoms with E-state index in [2.05, 4.69) is 5.32 Å². The zero-order chi connectivity index (χ0) is 24.8. The van der Waals surface area contributed by atoms with Crippen LogP contribution in [-0.4, -0.2) is 27.1 Å². The summed E-state index contributed by atoms with van der Waals surface area (Å²) in [7, 11) is -3.98. The summed E-state index contributed by atoms with van der Waals surface area (Å²) in [4.78, 5) is 14.3. The predicted octanol–water partition coefficient (Wildman–Crippen LogP) is 6.22. The normalized spacial score (nSPS) is 11.1. The third-order valence-electron chi connectivity index (χ3n) is 5.54. The molecule has 4 aromatic rings. The first-order valence-corrected chi connectivity index (χ1v) is 13.7. The summed E-state index contributed by atoms with van der Waals surface area (Å²) in [6, 6.07) is 31.0. The second kappa shape index (κ2) is 10.8. The molecule has 0 saturated carbocycles. The van der Waals surface area contributed by atoms with Crippen LogP contribution < -0.4 is 9.62 Å². The van der Waals surface area contributed by atoms with Crippen LogP contribution in [0.15, 0.2) is 113 Å². The molecule has 1 amide bonds. The molecule has 0 bridgehead atoms. The van der Waals surface area contributed by atoms with E-state index in [-0.39, 0.29) is 11.4 Å². The number of nitrogens with one attached hydrogen (secondary N) is 1. The van der Waals surface area contributed by atoms with Crippen LogP contribution in [0.4, 0.5) is 11.4 Å². The number of carbonyl (C=O) groups excluding carboxylic acids is 1. The second-order valence-corrected chi connectivity index (χ2v) is 10.7. The van der Waals surface area contributed by atoms with Gasteiger partial charge in [-0.1, -0.05) is 66.2 Å². The van der Waals surface area contributed by atoms with Gasteiger partial charge in [-0.3, -0.25) is 9.10 Å². The molecule has 0 aliphatic heterocycles. The van der Waals surface area contributed by atoms with E-state index < -0.39 is 15.9 Å². The lowest BCUT2D eigenvalue weighted by Crippen LogP contribution is -2.38. The maximum Gasteiger partial charge on any atom is 0.264 e. The molecule has 0 heterocycles. The van der Waals surface area contributed by atoms with E-state index in [0.29, 0.717) is 11.4 Å². The average Bonchev–Trinajstić information content (AvgIpc) is 2.89. The van der Waals surface area contributed by atoms with Crippen LogP contribution in [0.25, 0.3) is 11.1 Å². The van der Waals surface area contributed by atoms with Crippen LogP contribution >= 0.6 is 11.8 Å². The zero-order valence-corrected chi connectivity index (χ0v) is 21.1. The summed E-state index contributed by atoms with van der Waals surface area (Å²) < 4.78 is 28.4. The largest absolute Gasteiger partial charge is 0.324 e. The topological polar surface area (TPSA) is 66.5 Å². The van der Waals surface area contributed by atoms with Gasteiger partial charge in [-0.2, -0.15) is 0 Å². The molecule has 0 saturated heterocycles. The van der Waals surface area contributed by atoms with Gasteiger partial charge in [0.1, 0.15) is 6.54 Å². The quantitative estimate of drug-likeness (QED) is 0.291. The van der Waals surface area contributed by atoms with Gasteiger partial charge < -0.3 is 5.32 Å². The summed E-state index contributed by atoms with van der Waals surface area (Å²) in [6.07, 6.45) is 1.93. The molecule has 35 heavy (non-hydrogen) atoms. The minimum absolute atomic E-state index is 0.133. The maximum absolute atomic E-state index is 13.6. The third-order valence-corrected chi connectivity index (χ3v) is 8.07. The van der Waals surface area contributed by atoms with Crippen LogP contribution in [0.3, 0.4) is 0 Å². The van der Waals surface area contributed by atoms with Crippen molar-refractivity contribution in [2.24, 2.45) is 0 Å². The van der Waals surface area contributed by atoms with Crippen molar-refractivity contribution in [3.05, 3.63) is 109 Å². The van der Waals surface area contributed by atoms with Crippen LogP contribution in [0.1, 0.15) is 5.56 Å². The van der Waals surface area contributed by atoms with E-state index in [1.807, 2.05) is 79.9 Å². The molecule has 0 unspecified atom stereocenters. The summed E-state index contributed by atoms with van der Waals surface area (Å²) >= 11 is 1.53. The van der Waals surface area contributed by atoms with Crippen LogP contribution in [0.2, 0.25) is 0 Å². The summed E-state index contributed by atoms with van der Waals surface area (Å²) in [5, 5.41) is 2.91. The Bertz CT molecular complexity index is 1400. The summed E-state index contributed by atoms with van der Waals surface area (Å²) in [5.41, 5.74) is 3.86. The maximum atomic E-state index is 13.6. The highest BCUT2D eigenvalue weighted by molar-refractivity contribution is 7.98. The van der Waals surface area contributed by atoms with Crippen molar-refractivity contribution < 1.29 is 13.2 Å². The Kier molecular flexibility index (Phi) is 7.58. The lowest BCUT2D eigenvalue weighted by atomic mass is 10.0. The molecule has 0 radical (unpaired) electrons. The van der Waals surface area contributed by atoms with Gasteiger partial charge in [-0.15, -0.1) is 11.8 Å². The number of hydrogen-bond acceptors (Lipinski definition) is 4. The number of para-hydroxylation sites is 1. The number of sulfonamides is 1. The standard InChI is InChI=1S/C28H26N2O3S2/c1-21-12-14-23(15-13-21)30(35(32,33)25-18-16-24(34-2)17-19-25)20-28(31)29-27-11-7-6-10-26(27)22-8-4-3-5-9-22/h3-19H,20H2,1-2H3,(H,29,31). The Morgan fingerprint density at radius 1 is 0.829 bits per heavy atom. The molecule has 178 valence electrons. The van der Waals surface area contributed by atoms with E-state index in [1.54, 1.807) is 36.4 Å². The van der Waals surface area contributed by atoms with E-state index in [4.69, 9.17) is 0 Å². The first-order chi connectivity index (χ1) is 16.9. The first kappa shape index (κ1) is 24.6. The third kappa shape index (κ3) is 5.75. The van der Waals surface area contributed by atoms with Gasteiger partial charge >= 0.3 is 0 Å². The number of carbonyl (C=O) groups is 1. The van der Waals surface area contributed by atoms with Gasteiger partial charge in [0.05, 0.1) is 10.6 Å². The number of aryl methyl sites for hydroxylation is 1. The van der Waals surface area contributed by atoms with Gasteiger partial charge in [0.25, 0.3) is 10.0 Å². The van der Waals surface area contributed by atoms with E-state index in [0.717, 1.165) is 25.9 Å². The fourth-order valence-electron chi connectivity index (χ4n) is 3.68. The lowest BCUT2D eigenvalue weighted by molar-refractivity contribution is -0.114. The Balaban J connectivity index is 1.66. The minimum atomic E-state index is -3.98. The molecule has 1 N–H and O–H groups in total. The van der Waals surface area contributed by atoms with E-state index in [1.165, 1.54) is 11.8 Å². The van der Waals surface area contributed by atoms with Crippen molar-refractivity contribution in [3.8, 4) is 11.1 Å². The predicted molar refractivity (Wildman–Crippen MR) is 144 cm³/mol. The molecular weight excluding hydrogens is 476 g/mol. The number of thioether (sulfide) groups is 1. The van der Waals surface area contributed by atoms with Gasteiger partial charge in [-0.05, 0) is 61.2 Å². The first-order valence-electron chi connectivity index (χ1n) is 11.1. The lowest BCUT2D eigenvalue weighted by Gasteiger charge is -2.24. The number of hydrogen-bond donors (Lipinski definition) is 1. The van der Waals surface area contributed by atoms with Crippen LogP contribution in [-0.2, 0) is 14.8 Å².